The molecule has 0 radical (unpaired) electrons. The van der Waals surface area contributed by atoms with Gasteiger partial charge in [0, 0.05) is 12.1 Å². The van der Waals surface area contributed by atoms with E-state index in [1.807, 2.05) is 38.1 Å². The van der Waals surface area contributed by atoms with Crippen LogP contribution in [0.1, 0.15) is 19.4 Å². The molecule has 0 aliphatic rings. The van der Waals surface area contributed by atoms with E-state index in [1.54, 1.807) is 0 Å². The van der Waals surface area contributed by atoms with Crippen molar-refractivity contribution in [3.05, 3.63) is 29.8 Å². The fourth-order valence-electron chi connectivity index (χ4n) is 1.62. The van der Waals surface area contributed by atoms with Crippen molar-refractivity contribution in [1.29, 1.82) is 0 Å². The van der Waals surface area contributed by atoms with Crippen LogP contribution < -0.4 is 10.1 Å². The summed E-state index contributed by atoms with van der Waals surface area (Å²) in [5.41, 5.74) is -0.166. The fraction of sp³-hybridized carbons (Fsp3) is 0.571. The van der Waals surface area contributed by atoms with E-state index in [4.69, 9.17) is 4.74 Å². The summed E-state index contributed by atoms with van der Waals surface area (Å²) >= 11 is 0. The van der Waals surface area contributed by atoms with E-state index in [1.165, 1.54) is 0 Å². The van der Waals surface area contributed by atoms with Gasteiger partial charge in [0.05, 0.1) is 31.5 Å². The number of aliphatic hydroxyl groups is 3. The third-order valence-electron chi connectivity index (χ3n) is 2.90. The largest absolute Gasteiger partial charge is 0.491 e. The first-order valence-electron chi connectivity index (χ1n) is 6.39. The van der Waals surface area contributed by atoms with Crippen LogP contribution in [0.15, 0.2) is 24.3 Å². The predicted octanol–water partition coefficient (Wildman–Crippen LogP) is 0.279. The number of para-hydroxylation sites is 1. The highest BCUT2D eigenvalue weighted by Gasteiger charge is 2.27. The zero-order valence-electron chi connectivity index (χ0n) is 11.5. The lowest BCUT2D eigenvalue weighted by atomic mass is 10.0. The molecule has 0 saturated heterocycles. The lowest BCUT2D eigenvalue weighted by Gasteiger charge is -2.29. The van der Waals surface area contributed by atoms with Gasteiger partial charge in [-0.15, -0.1) is 0 Å². The Morgan fingerprint density at radius 1 is 1.11 bits per heavy atom. The minimum absolute atomic E-state index is 0.0689. The summed E-state index contributed by atoms with van der Waals surface area (Å²) in [6, 6.07) is 7.55. The maximum Gasteiger partial charge on any atom is 0.124 e. The monoisotopic (exact) mass is 269 g/mol. The van der Waals surface area contributed by atoms with Gasteiger partial charge in [-0.1, -0.05) is 18.2 Å². The number of hydrogen-bond donors (Lipinski definition) is 4. The smallest absolute Gasteiger partial charge is 0.124 e. The number of aliphatic hydroxyl groups excluding tert-OH is 3. The van der Waals surface area contributed by atoms with E-state index in [2.05, 4.69) is 5.32 Å². The molecular formula is C14H23NO4. The molecule has 4 N–H and O–H groups in total. The van der Waals surface area contributed by atoms with Crippen LogP contribution in [0.3, 0.4) is 0 Å². The molecule has 0 atom stereocenters. The molecule has 1 rings (SSSR count). The molecule has 1 aromatic carbocycles. The number of benzene rings is 1. The van der Waals surface area contributed by atoms with Crippen LogP contribution in [0.2, 0.25) is 0 Å². The normalized spacial score (nSPS) is 11.9. The molecule has 0 spiro atoms. The lowest BCUT2D eigenvalue weighted by Crippen LogP contribution is -2.54. The van der Waals surface area contributed by atoms with Crippen molar-refractivity contribution in [2.45, 2.75) is 32.0 Å². The van der Waals surface area contributed by atoms with Gasteiger partial charge >= 0.3 is 0 Å². The second-order valence-corrected chi connectivity index (χ2v) is 4.88. The van der Waals surface area contributed by atoms with Gasteiger partial charge in [-0.2, -0.15) is 0 Å². The van der Waals surface area contributed by atoms with Crippen molar-refractivity contribution < 1.29 is 20.1 Å². The standard InChI is InChI=1S/C14H23NO4/c1-11(2)19-13-6-4-3-5-12(13)7-15-14(8-16,9-17)10-18/h3-6,11,15-18H,7-10H2,1-2H3. The summed E-state index contributed by atoms with van der Waals surface area (Å²) in [5, 5.41) is 30.7. The van der Waals surface area contributed by atoms with Crippen LogP contribution in [0.5, 0.6) is 5.75 Å². The van der Waals surface area contributed by atoms with E-state index in [0.717, 1.165) is 11.3 Å². The zero-order valence-corrected chi connectivity index (χ0v) is 11.5. The summed E-state index contributed by atoms with van der Waals surface area (Å²) in [6.07, 6.45) is 0.0689. The molecule has 0 saturated carbocycles. The number of hydrogen-bond acceptors (Lipinski definition) is 5. The molecule has 0 bridgehead atoms. The molecule has 0 unspecified atom stereocenters. The van der Waals surface area contributed by atoms with Gasteiger partial charge < -0.3 is 25.4 Å². The van der Waals surface area contributed by atoms with Crippen molar-refractivity contribution in [1.82, 2.24) is 5.32 Å². The topological polar surface area (TPSA) is 82.0 Å². The van der Waals surface area contributed by atoms with Gasteiger partial charge in [-0.3, -0.25) is 0 Å². The zero-order chi connectivity index (χ0) is 14.3. The van der Waals surface area contributed by atoms with Crippen molar-refractivity contribution in [3.8, 4) is 5.75 Å². The van der Waals surface area contributed by atoms with Gasteiger partial charge in [0.1, 0.15) is 5.75 Å². The first-order valence-corrected chi connectivity index (χ1v) is 6.39. The summed E-state index contributed by atoms with van der Waals surface area (Å²) in [7, 11) is 0. The average molecular weight is 269 g/mol. The molecule has 5 heteroatoms. The second kappa shape index (κ2) is 7.45. The molecule has 0 aliphatic heterocycles. The summed E-state index contributed by atoms with van der Waals surface area (Å²) in [4.78, 5) is 0. The minimum Gasteiger partial charge on any atom is -0.491 e. The van der Waals surface area contributed by atoms with Crippen molar-refractivity contribution in [2.75, 3.05) is 19.8 Å². The van der Waals surface area contributed by atoms with Gasteiger partial charge in [-0.05, 0) is 19.9 Å². The second-order valence-electron chi connectivity index (χ2n) is 4.88. The van der Waals surface area contributed by atoms with E-state index < -0.39 is 5.54 Å². The number of nitrogens with one attached hydrogen (secondary N) is 1. The van der Waals surface area contributed by atoms with Crippen LogP contribution in [0.4, 0.5) is 0 Å². The Kier molecular flexibility index (Phi) is 6.24. The molecule has 0 aliphatic carbocycles. The van der Waals surface area contributed by atoms with Crippen LogP contribution in [-0.4, -0.2) is 46.8 Å². The Balaban J connectivity index is 2.76. The Bertz CT molecular complexity index is 369. The summed E-state index contributed by atoms with van der Waals surface area (Å²) in [5.74, 6) is 0.757. The van der Waals surface area contributed by atoms with Gasteiger partial charge in [0.2, 0.25) is 0 Å². The molecular weight excluding hydrogens is 246 g/mol. The lowest BCUT2D eigenvalue weighted by molar-refractivity contribution is 0.0411. The Hall–Kier alpha value is -1.14. The minimum atomic E-state index is -1.08. The van der Waals surface area contributed by atoms with Crippen LogP contribution in [0, 0.1) is 0 Å². The quantitative estimate of drug-likeness (QED) is 0.545. The molecule has 0 fully saturated rings. The highest BCUT2D eigenvalue weighted by molar-refractivity contribution is 5.33. The predicted molar refractivity (Wildman–Crippen MR) is 73.0 cm³/mol. The molecule has 108 valence electrons. The highest BCUT2D eigenvalue weighted by Crippen LogP contribution is 2.20. The molecule has 0 amide bonds. The molecule has 1 aromatic rings. The molecule has 19 heavy (non-hydrogen) atoms. The SMILES string of the molecule is CC(C)Oc1ccccc1CNC(CO)(CO)CO. The van der Waals surface area contributed by atoms with Crippen LogP contribution in [0.25, 0.3) is 0 Å². The third-order valence-corrected chi connectivity index (χ3v) is 2.90. The van der Waals surface area contributed by atoms with Crippen molar-refractivity contribution >= 4 is 0 Å². The molecule has 0 heterocycles. The first kappa shape index (κ1) is 15.9. The number of ether oxygens (including phenoxy) is 1. The Morgan fingerprint density at radius 2 is 1.68 bits per heavy atom. The maximum absolute atomic E-state index is 9.26. The Morgan fingerprint density at radius 3 is 2.21 bits per heavy atom. The first-order chi connectivity index (χ1) is 9.06. The van der Waals surface area contributed by atoms with Crippen molar-refractivity contribution in [2.24, 2.45) is 0 Å². The third kappa shape index (κ3) is 4.47. The summed E-state index contributed by atoms with van der Waals surface area (Å²) < 4.78 is 5.68. The van der Waals surface area contributed by atoms with Gasteiger partial charge in [-0.25, -0.2) is 0 Å². The highest BCUT2D eigenvalue weighted by atomic mass is 16.5. The Labute approximate surface area is 113 Å². The van der Waals surface area contributed by atoms with E-state index in [-0.39, 0.29) is 25.9 Å². The molecule has 5 nitrogen and oxygen atoms in total. The molecule has 0 aromatic heterocycles. The van der Waals surface area contributed by atoms with Gasteiger partial charge in [0.15, 0.2) is 0 Å². The van der Waals surface area contributed by atoms with Crippen molar-refractivity contribution in [3.63, 3.8) is 0 Å². The van der Waals surface area contributed by atoms with Crippen LogP contribution >= 0.6 is 0 Å². The van der Waals surface area contributed by atoms with E-state index >= 15 is 0 Å². The van der Waals surface area contributed by atoms with Crippen LogP contribution in [-0.2, 0) is 6.54 Å². The van der Waals surface area contributed by atoms with E-state index in [9.17, 15) is 15.3 Å². The number of rotatable bonds is 8. The summed E-state index contributed by atoms with van der Waals surface area (Å²) in [6.45, 7) is 3.27. The van der Waals surface area contributed by atoms with Gasteiger partial charge in [0.25, 0.3) is 0 Å². The maximum atomic E-state index is 9.26. The average Bonchev–Trinajstić information content (AvgIpc) is 2.42. The fourth-order valence-corrected chi connectivity index (χ4v) is 1.62. The van der Waals surface area contributed by atoms with E-state index in [0.29, 0.717) is 6.54 Å².